The standard InChI is InChI=1S/C21H25FN4O/c1-14-13-15(2)24-20(23-14)16-7-10-25(11-8-16)19-9-12-26(21(19)27)18-6-4-3-5-17(18)22/h3-6,13,16,19H,7-12H2,1-2H3. The Balaban J connectivity index is 1.41. The van der Waals surface area contributed by atoms with Crippen molar-refractivity contribution in [3.05, 3.63) is 53.4 Å². The Bertz CT molecular complexity index is 828. The highest BCUT2D eigenvalue weighted by Crippen LogP contribution is 2.31. The molecule has 0 saturated carbocycles. The number of nitrogens with zero attached hydrogens (tertiary/aromatic N) is 4. The Morgan fingerprint density at radius 3 is 2.33 bits per heavy atom. The van der Waals surface area contributed by atoms with Crippen molar-refractivity contribution in [3.63, 3.8) is 0 Å². The van der Waals surface area contributed by atoms with Gasteiger partial charge in [-0.3, -0.25) is 9.69 Å². The van der Waals surface area contributed by atoms with E-state index in [-0.39, 0.29) is 17.8 Å². The first-order chi connectivity index (χ1) is 13.0. The normalized spacial score (nSPS) is 21.8. The lowest BCUT2D eigenvalue weighted by Gasteiger charge is -2.34. The summed E-state index contributed by atoms with van der Waals surface area (Å²) < 4.78 is 14.1. The van der Waals surface area contributed by atoms with Gasteiger partial charge in [-0.2, -0.15) is 0 Å². The predicted molar refractivity (Wildman–Crippen MR) is 102 cm³/mol. The molecule has 1 amide bonds. The number of aromatic nitrogens is 2. The van der Waals surface area contributed by atoms with Crippen LogP contribution in [0.5, 0.6) is 0 Å². The van der Waals surface area contributed by atoms with Crippen molar-refractivity contribution in [2.75, 3.05) is 24.5 Å². The number of para-hydroxylation sites is 1. The zero-order chi connectivity index (χ0) is 19.0. The number of piperidine rings is 1. The zero-order valence-electron chi connectivity index (χ0n) is 15.9. The van der Waals surface area contributed by atoms with Crippen molar-refractivity contribution in [2.24, 2.45) is 0 Å². The third-order valence-corrected chi connectivity index (χ3v) is 5.66. The number of rotatable bonds is 3. The quantitative estimate of drug-likeness (QED) is 0.835. The summed E-state index contributed by atoms with van der Waals surface area (Å²) in [5.74, 6) is 0.954. The number of benzene rings is 1. The van der Waals surface area contributed by atoms with Crippen molar-refractivity contribution in [1.29, 1.82) is 0 Å². The van der Waals surface area contributed by atoms with Crippen molar-refractivity contribution in [2.45, 2.75) is 45.1 Å². The molecule has 2 saturated heterocycles. The van der Waals surface area contributed by atoms with Crippen LogP contribution in [0.15, 0.2) is 30.3 Å². The number of carbonyl (C=O) groups is 1. The zero-order valence-corrected chi connectivity index (χ0v) is 15.9. The molecule has 2 fully saturated rings. The molecule has 2 aromatic rings. The van der Waals surface area contributed by atoms with Crippen LogP contribution in [0.3, 0.4) is 0 Å². The van der Waals surface area contributed by atoms with E-state index in [0.717, 1.165) is 49.6 Å². The fraction of sp³-hybridized carbons (Fsp3) is 0.476. The summed E-state index contributed by atoms with van der Waals surface area (Å²) in [6.07, 6.45) is 2.65. The molecule has 6 heteroatoms. The summed E-state index contributed by atoms with van der Waals surface area (Å²) in [7, 11) is 0. The van der Waals surface area contributed by atoms with Gasteiger partial charge in [-0.15, -0.1) is 0 Å². The first-order valence-corrected chi connectivity index (χ1v) is 9.65. The van der Waals surface area contributed by atoms with Crippen LogP contribution in [0, 0.1) is 19.7 Å². The van der Waals surface area contributed by atoms with Crippen molar-refractivity contribution in [3.8, 4) is 0 Å². The van der Waals surface area contributed by atoms with Crippen molar-refractivity contribution < 1.29 is 9.18 Å². The van der Waals surface area contributed by atoms with Crippen LogP contribution in [0.25, 0.3) is 0 Å². The van der Waals surface area contributed by atoms with E-state index in [0.29, 0.717) is 18.2 Å². The predicted octanol–water partition coefficient (Wildman–Crippen LogP) is 3.22. The molecular formula is C21H25FN4O. The van der Waals surface area contributed by atoms with E-state index in [1.807, 2.05) is 19.9 Å². The third-order valence-electron chi connectivity index (χ3n) is 5.66. The molecule has 0 aliphatic carbocycles. The fourth-order valence-corrected chi connectivity index (χ4v) is 4.32. The maximum absolute atomic E-state index is 14.1. The Morgan fingerprint density at radius 2 is 1.67 bits per heavy atom. The van der Waals surface area contributed by atoms with Gasteiger partial charge in [0.15, 0.2) is 0 Å². The molecule has 27 heavy (non-hydrogen) atoms. The molecule has 0 spiro atoms. The highest BCUT2D eigenvalue weighted by molar-refractivity contribution is 5.99. The molecule has 0 radical (unpaired) electrons. The molecule has 0 N–H and O–H groups in total. The second kappa shape index (κ2) is 7.35. The Labute approximate surface area is 159 Å². The second-order valence-corrected chi connectivity index (χ2v) is 7.56. The van der Waals surface area contributed by atoms with Gasteiger partial charge in [0.05, 0.1) is 11.7 Å². The summed E-state index contributed by atoms with van der Waals surface area (Å²) in [6, 6.07) is 8.36. The minimum absolute atomic E-state index is 0.0150. The average molecular weight is 368 g/mol. The van der Waals surface area contributed by atoms with Gasteiger partial charge in [0.2, 0.25) is 5.91 Å². The SMILES string of the molecule is Cc1cc(C)nc(C2CCN(C3CCN(c4ccccc4F)C3=O)CC2)n1. The Hall–Kier alpha value is -2.34. The monoisotopic (exact) mass is 368 g/mol. The number of carbonyl (C=O) groups excluding carboxylic acids is 1. The van der Waals surface area contributed by atoms with Gasteiger partial charge in [0.1, 0.15) is 11.6 Å². The molecule has 5 nitrogen and oxygen atoms in total. The van der Waals surface area contributed by atoms with Gasteiger partial charge in [-0.25, -0.2) is 14.4 Å². The molecule has 1 aromatic heterocycles. The number of hydrogen-bond donors (Lipinski definition) is 0. The lowest BCUT2D eigenvalue weighted by molar-refractivity contribution is -0.122. The van der Waals surface area contributed by atoms with Crippen LogP contribution in [0.2, 0.25) is 0 Å². The van der Waals surface area contributed by atoms with Gasteiger partial charge in [0.25, 0.3) is 0 Å². The number of aryl methyl sites for hydroxylation is 2. The van der Waals surface area contributed by atoms with Crippen molar-refractivity contribution >= 4 is 11.6 Å². The van der Waals surface area contributed by atoms with E-state index < -0.39 is 0 Å². The van der Waals surface area contributed by atoms with Gasteiger partial charge >= 0.3 is 0 Å². The van der Waals surface area contributed by atoms with Crippen LogP contribution >= 0.6 is 0 Å². The van der Waals surface area contributed by atoms with E-state index in [2.05, 4.69) is 14.9 Å². The highest BCUT2D eigenvalue weighted by Gasteiger charge is 2.39. The molecule has 3 heterocycles. The average Bonchev–Trinajstić information content (AvgIpc) is 3.03. The van der Waals surface area contributed by atoms with Gasteiger partial charge in [0, 0.05) is 23.9 Å². The second-order valence-electron chi connectivity index (χ2n) is 7.56. The van der Waals surface area contributed by atoms with E-state index in [1.54, 1.807) is 23.1 Å². The van der Waals surface area contributed by atoms with Gasteiger partial charge in [-0.1, -0.05) is 12.1 Å². The maximum Gasteiger partial charge on any atom is 0.244 e. The van der Waals surface area contributed by atoms with Crippen LogP contribution in [-0.4, -0.2) is 46.5 Å². The smallest absolute Gasteiger partial charge is 0.244 e. The van der Waals surface area contributed by atoms with Crippen LogP contribution in [-0.2, 0) is 4.79 Å². The summed E-state index contributed by atoms with van der Waals surface area (Å²) in [4.78, 5) is 26.0. The fourth-order valence-electron chi connectivity index (χ4n) is 4.32. The van der Waals surface area contributed by atoms with E-state index in [4.69, 9.17) is 0 Å². The van der Waals surface area contributed by atoms with E-state index >= 15 is 0 Å². The van der Waals surface area contributed by atoms with Crippen molar-refractivity contribution in [1.82, 2.24) is 14.9 Å². The summed E-state index contributed by atoms with van der Waals surface area (Å²) in [6.45, 7) is 6.28. The molecule has 2 aliphatic heterocycles. The number of amides is 1. The highest BCUT2D eigenvalue weighted by atomic mass is 19.1. The van der Waals surface area contributed by atoms with E-state index in [1.165, 1.54) is 6.07 Å². The molecule has 1 atom stereocenters. The molecule has 4 rings (SSSR count). The summed E-state index contributed by atoms with van der Waals surface area (Å²) >= 11 is 0. The lowest BCUT2D eigenvalue weighted by Crippen LogP contribution is -2.45. The lowest BCUT2D eigenvalue weighted by atomic mass is 9.94. The van der Waals surface area contributed by atoms with Gasteiger partial charge < -0.3 is 4.90 Å². The largest absolute Gasteiger partial charge is 0.308 e. The number of hydrogen-bond acceptors (Lipinski definition) is 4. The first kappa shape index (κ1) is 18.0. The summed E-state index contributed by atoms with van der Waals surface area (Å²) in [5, 5.41) is 0. The molecule has 1 aromatic carbocycles. The third kappa shape index (κ3) is 3.58. The van der Waals surface area contributed by atoms with Crippen LogP contribution in [0.1, 0.15) is 42.4 Å². The van der Waals surface area contributed by atoms with Crippen LogP contribution in [0.4, 0.5) is 10.1 Å². The maximum atomic E-state index is 14.1. The molecule has 2 aliphatic rings. The molecular weight excluding hydrogens is 343 g/mol. The minimum atomic E-state index is -0.336. The molecule has 1 unspecified atom stereocenters. The summed E-state index contributed by atoms with van der Waals surface area (Å²) in [5.41, 5.74) is 2.40. The first-order valence-electron chi connectivity index (χ1n) is 9.65. The minimum Gasteiger partial charge on any atom is -0.308 e. The Morgan fingerprint density at radius 1 is 1.00 bits per heavy atom. The van der Waals surface area contributed by atoms with Gasteiger partial charge in [-0.05, 0) is 64.4 Å². The number of anilines is 1. The topological polar surface area (TPSA) is 49.3 Å². The van der Waals surface area contributed by atoms with Crippen LogP contribution < -0.4 is 4.90 Å². The number of halogens is 1. The molecule has 142 valence electrons. The van der Waals surface area contributed by atoms with E-state index in [9.17, 15) is 9.18 Å². The Kier molecular flexibility index (Phi) is 4.91. The number of likely N-dealkylation sites (tertiary alicyclic amines) is 1. The molecule has 0 bridgehead atoms.